The Kier molecular flexibility index (Phi) is 4.92. The van der Waals surface area contributed by atoms with Gasteiger partial charge < -0.3 is 24.4 Å². The topological polar surface area (TPSA) is 77.1 Å². The number of nitrogens with one attached hydrogen (secondary N) is 1. The zero-order valence-corrected chi connectivity index (χ0v) is 16.7. The van der Waals surface area contributed by atoms with Crippen LogP contribution in [0.25, 0.3) is 0 Å². The molecule has 0 unspecified atom stereocenters. The second-order valence-corrected chi connectivity index (χ2v) is 7.30. The number of hydrogen-bond acceptors (Lipinski definition) is 5. The molecular formula is C24H20N2O5. The van der Waals surface area contributed by atoms with Crippen LogP contribution >= 0.6 is 0 Å². The van der Waals surface area contributed by atoms with Gasteiger partial charge in [0.25, 0.3) is 11.8 Å². The van der Waals surface area contributed by atoms with E-state index in [9.17, 15) is 9.59 Å². The predicted octanol–water partition coefficient (Wildman–Crippen LogP) is 3.27. The molecule has 156 valence electrons. The van der Waals surface area contributed by atoms with Crippen LogP contribution in [-0.4, -0.2) is 25.2 Å². The molecule has 2 aliphatic rings. The SMILES string of the molecule is O=C(NCc1ccc2c(c1)OCO2)c1ccc(CN2C(=O)COc3ccccc32)cc1. The molecule has 0 fully saturated rings. The van der Waals surface area contributed by atoms with Gasteiger partial charge in [-0.2, -0.15) is 0 Å². The van der Waals surface area contributed by atoms with E-state index in [1.807, 2.05) is 54.6 Å². The number of nitrogens with zero attached hydrogens (tertiary/aromatic N) is 1. The standard InChI is InChI=1S/C24H20N2O5/c27-23-14-29-20-4-2-1-3-19(20)26(23)13-16-5-8-18(9-6-16)24(28)25-12-17-7-10-21-22(11-17)31-15-30-21/h1-11H,12-15H2,(H,25,28). The van der Waals surface area contributed by atoms with Crippen molar-refractivity contribution in [1.29, 1.82) is 0 Å². The van der Waals surface area contributed by atoms with Gasteiger partial charge in [-0.1, -0.05) is 30.3 Å². The Hall–Kier alpha value is -4.00. The van der Waals surface area contributed by atoms with Gasteiger partial charge in [0.15, 0.2) is 18.1 Å². The van der Waals surface area contributed by atoms with Gasteiger partial charge in [-0.15, -0.1) is 0 Å². The van der Waals surface area contributed by atoms with Crippen molar-refractivity contribution in [3.05, 3.63) is 83.4 Å². The van der Waals surface area contributed by atoms with E-state index in [2.05, 4.69) is 5.32 Å². The van der Waals surface area contributed by atoms with Crippen molar-refractivity contribution in [2.75, 3.05) is 18.3 Å². The highest BCUT2D eigenvalue weighted by molar-refractivity contribution is 5.98. The average molecular weight is 416 g/mol. The third-order valence-electron chi connectivity index (χ3n) is 5.26. The quantitative estimate of drug-likeness (QED) is 0.691. The normalized spacial score (nSPS) is 14.1. The lowest BCUT2D eigenvalue weighted by atomic mass is 10.1. The van der Waals surface area contributed by atoms with Crippen LogP contribution in [0.4, 0.5) is 5.69 Å². The Morgan fingerprint density at radius 1 is 0.871 bits per heavy atom. The summed E-state index contributed by atoms with van der Waals surface area (Å²) in [6.07, 6.45) is 0. The highest BCUT2D eigenvalue weighted by Gasteiger charge is 2.25. The van der Waals surface area contributed by atoms with Gasteiger partial charge in [0.1, 0.15) is 5.75 Å². The number of ether oxygens (including phenoxy) is 3. The van der Waals surface area contributed by atoms with E-state index in [0.29, 0.717) is 35.9 Å². The lowest BCUT2D eigenvalue weighted by Crippen LogP contribution is -2.38. The first-order chi connectivity index (χ1) is 15.2. The third-order valence-corrected chi connectivity index (χ3v) is 5.26. The molecule has 0 aromatic heterocycles. The molecular weight excluding hydrogens is 396 g/mol. The smallest absolute Gasteiger partial charge is 0.265 e. The molecule has 0 saturated heterocycles. The molecule has 1 N–H and O–H groups in total. The van der Waals surface area contributed by atoms with Gasteiger partial charge in [0.2, 0.25) is 6.79 Å². The lowest BCUT2D eigenvalue weighted by Gasteiger charge is -2.29. The molecule has 0 bridgehead atoms. The summed E-state index contributed by atoms with van der Waals surface area (Å²) in [7, 11) is 0. The number of carbonyl (C=O) groups is 2. The van der Waals surface area contributed by atoms with E-state index in [0.717, 1.165) is 16.8 Å². The largest absolute Gasteiger partial charge is 0.482 e. The highest BCUT2D eigenvalue weighted by Crippen LogP contribution is 2.33. The van der Waals surface area contributed by atoms with Crippen molar-refractivity contribution in [3.63, 3.8) is 0 Å². The molecule has 3 aromatic rings. The summed E-state index contributed by atoms with van der Waals surface area (Å²) < 4.78 is 16.1. The summed E-state index contributed by atoms with van der Waals surface area (Å²) in [5.41, 5.74) is 3.17. The number of hydrogen-bond donors (Lipinski definition) is 1. The summed E-state index contributed by atoms with van der Waals surface area (Å²) in [6, 6.07) is 20.3. The molecule has 2 aliphatic heterocycles. The van der Waals surface area contributed by atoms with Crippen molar-refractivity contribution in [2.45, 2.75) is 13.1 Å². The van der Waals surface area contributed by atoms with Gasteiger partial charge in [-0.25, -0.2) is 0 Å². The second-order valence-electron chi connectivity index (χ2n) is 7.30. The predicted molar refractivity (Wildman–Crippen MR) is 113 cm³/mol. The number of para-hydroxylation sites is 2. The molecule has 0 radical (unpaired) electrons. The Bertz CT molecular complexity index is 1140. The molecule has 0 saturated carbocycles. The fourth-order valence-electron chi connectivity index (χ4n) is 3.61. The van der Waals surface area contributed by atoms with E-state index in [1.165, 1.54) is 0 Å². The number of rotatable bonds is 5. The third kappa shape index (κ3) is 3.90. The molecule has 3 aromatic carbocycles. The van der Waals surface area contributed by atoms with Crippen LogP contribution in [0.3, 0.4) is 0 Å². The lowest BCUT2D eigenvalue weighted by molar-refractivity contribution is -0.121. The maximum atomic E-state index is 12.5. The van der Waals surface area contributed by atoms with Crippen LogP contribution in [0, 0.1) is 0 Å². The number of anilines is 1. The van der Waals surface area contributed by atoms with Crippen molar-refractivity contribution in [2.24, 2.45) is 0 Å². The Labute approximate surface area is 179 Å². The van der Waals surface area contributed by atoms with E-state index in [-0.39, 0.29) is 25.2 Å². The second kappa shape index (κ2) is 8.02. The number of fused-ring (bicyclic) bond motifs is 2. The van der Waals surface area contributed by atoms with Crippen molar-refractivity contribution in [1.82, 2.24) is 5.32 Å². The maximum Gasteiger partial charge on any atom is 0.265 e. The molecule has 0 spiro atoms. The number of amides is 2. The average Bonchev–Trinajstić information content (AvgIpc) is 3.28. The zero-order chi connectivity index (χ0) is 21.2. The van der Waals surface area contributed by atoms with Crippen LogP contribution in [0.2, 0.25) is 0 Å². The minimum absolute atomic E-state index is 0.0252. The fourth-order valence-corrected chi connectivity index (χ4v) is 3.61. The van der Waals surface area contributed by atoms with Crippen molar-refractivity contribution in [3.8, 4) is 17.2 Å². The minimum atomic E-state index is -0.169. The fraction of sp³-hybridized carbons (Fsp3) is 0.167. The molecule has 7 heteroatoms. The first-order valence-corrected chi connectivity index (χ1v) is 9.95. The summed E-state index contributed by atoms with van der Waals surface area (Å²) >= 11 is 0. The Balaban J connectivity index is 1.23. The highest BCUT2D eigenvalue weighted by atomic mass is 16.7. The van der Waals surface area contributed by atoms with Crippen molar-refractivity contribution < 1.29 is 23.8 Å². The van der Waals surface area contributed by atoms with Crippen LogP contribution in [0.5, 0.6) is 17.2 Å². The van der Waals surface area contributed by atoms with Gasteiger partial charge >= 0.3 is 0 Å². The molecule has 2 amide bonds. The van der Waals surface area contributed by atoms with Crippen LogP contribution in [0.1, 0.15) is 21.5 Å². The minimum Gasteiger partial charge on any atom is -0.482 e. The Morgan fingerprint density at radius 2 is 1.65 bits per heavy atom. The van der Waals surface area contributed by atoms with Crippen LogP contribution in [-0.2, 0) is 17.9 Å². The van der Waals surface area contributed by atoms with Gasteiger partial charge in [-0.3, -0.25) is 9.59 Å². The number of benzene rings is 3. The van der Waals surface area contributed by atoms with Crippen LogP contribution < -0.4 is 24.4 Å². The summed E-state index contributed by atoms with van der Waals surface area (Å²) in [4.78, 5) is 26.6. The van der Waals surface area contributed by atoms with Crippen molar-refractivity contribution >= 4 is 17.5 Å². The van der Waals surface area contributed by atoms with Gasteiger partial charge in [-0.05, 0) is 47.5 Å². The molecule has 0 atom stereocenters. The number of carbonyl (C=O) groups excluding carboxylic acids is 2. The summed E-state index contributed by atoms with van der Waals surface area (Å²) in [5, 5.41) is 2.91. The first kappa shape index (κ1) is 19.0. The molecule has 5 rings (SSSR count). The molecule has 7 nitrogen and oxygen atoms in total. The van der Waals surface area contributed by atoms with Crippen LogP contribution in [0.15, 0.2) is 66.7 Å². The molecule has 31 heavy (non-hydrogen) atoms. The first-order valence-electron chi connectivity index (χ1n) is 9.95. The molecule has 2 heterocycles. The van der Waals surface area contributed by atoms with Gasteiger partial charge in [0.05, 0.1) is 12.2 Å². The van der Waals surface area contributed by atoms with E-state index in [1.54, 1.807) is 17.0 Å². The van der Waals surface area contributed by atoms with E-state index < -0.39 is 0 Å². The molecule has 0 aliphatic carbocycles. The van der Waals surface area contributed by atoms with Gasteiger partial charge in [0, 0.05) is 12.1 Å². The Morgan fingerprint density at radius 3 is 2.52 bits per heavy atom. The summed E-state index contributed by atoms with van der Waals surface area (Å²) in [6.45, 7) is 1.05. The monoisotopic (exact) mass is 416 g/mol. The van der Waals surface area contributed by atoms with E-state index in [4.69, 9.17) is 14.2 Å². The van der Waals surface area contributed by atoms with E-state index >= 15 is 0 Å². The maximum absolute atomic E-state index is 12.5. The summed E-state index contributed by atoms with van der Waals surface area (Å²) in [5.74, 6) is 1.84. The zero-order valence-electron chi connectivity index (χ0n) is 16.7.